The van der Waals surface area contributed by atoms with Crippen LogP contribution in [0.4, 0.5) is 0 Å². The van der Waals surface area contributed by atoms with Crippen LogP contribution in [0, 0.1) is 0 Å². The van der Waals surface area contributed by atoms with Gasteiger partial charge in [0.15, 0.2) is 7.05 Å². The first-order chi connectivity index (χ1) is 5.27. The van der Waals surface area contributed by atoms with E-state index in [1.165, 1.54) is 0 Å². The van der Waals surface area contributed by atoms with Crippen molar-refractivity contribution in [3.8, 4) is 0 Å². The average Bonchev–Trinajstić information content (AvgIpc) is 2.03. The Morgan fingerprint density at radius 1 is 1.36 bits per heavy atom. The van der Waals surface area contributed by atoms with E-state index in [2.05, 4.69) is 6.92 Å². The first-order valence-electron chi connectivity index (χ1n) is 4.07. The fraction of sp³-hybridized carbons (Fsp3) is 1.00. The van der Waals surface area contributed by atoms with Crippen molar-refractivity contribution in [1.82, 2.24) is 0 Å². The molecule has 4 heteroatoms. The SMILES string of the molecule is CCCO[N+]1(C)OCCCO1. The third kappa shape index (κ3) is 2.75. The zero-order valence-electron chi connectivity index (χ0n) is 7.21. The van der Waals surface area contributed by atoms with Crippen molar-refractivity contribution in [2.24, 2.45) is 0 Å². The van der Waals surface area contributed by atoms with Crippen LogP contribution in [0.15, 0.2) is 0 Å². The smallest absolute Gasteiger partial charge is 0.132 e. The van der Waals surface area contributed by atoms with E-state index in [1.54, 1.807) is 7.05 Å². The van der Waals surface area contributed by atoms with E-state index in [1.807, 2.05) is 0 Å². The van der Waals surface area contributed by atoms with E-state index < -0.39 is 0 Å². The van der Waals surface area contributed by atoms with Crippen LogP contribution in [0.25, 0.3) is 0 Å². The van der Waals surface area contributed by atoms with Crippen LogP contribution < -0.4 is 0 Å². The van der Waals surface area contributed by atoms with Crippen molar-refractivity contribution in [3.63, 3.8) is 0 Å². The van der Waals surface area contributed by atoms with Gasteiger partial charge in [-0.2, -0.15) is 0 Å². The summed E-state index contributed by atoms with van der Waals surface area (Å²) in [5.74, 6) is 0. The minimum atomic E-state index is -0.145. The minimum absolute atomic E-state index is 0.145. The maximum Gasteiger partial charge on any atom is 0.168 e. The van der Waals surface area contributed by atoms with Gasteiger partial charge in [-0.1, -0.05) is 6.92 Å². The van der Waals surface area contributed by atoms with Crippen LogP contribution in [0.1, 0.15) is 19.8 Å². The summed E-state index contributed by atoms with van der Waals surface area (Å²) in [6, 6.07) is 0. The third-order valence-corrected chi connectivity index (χ3v) is 1.47. The van der Waals surface area contributed by atoms with E-state index in [0.717, 1.165) is 12.8 Å². The fourth-order valence-electron chi connectivity index (χ4n) is 0.889. The Morgan fingerprint density at radius 3 is 2.55 bits per heavy atom. The van der Waals surface area contributed by atoms with Crippen molar-refractivity contribution in [1.29, 1.82) is 0 Å². The Bertz CT molecular complexity index is 112. The molecule has 1 heterocycles. The second-order valence-corrected chi connectivity index (χ2v) is 2.62. The monoisotopic (exact) mass is 162 g/mol. The molecule has 0 aliphatic carbocycles. The number of hydrogen-bond donors (Lipinski definition) is 0. The summed E-state index contributed by atoms with van der Waals surface area (Å²) in [7, 11) is 1.76. The van der Waals surface area contributed by atoms with Crippen LogP contribution in [0.3, 0.4) is 0 Å². The maximum atomic E-state index is 5.31. The molecule has 1 saturated heterocycles. The lowest BCUT2D eigenvalue weighted by Gasteiger charge is -2.28. The Balaban J connectivity index is 2.25. The van der Waals surface area contributed by atoms with Crippen LogP contribution in [0.2, 0.25) is 0 Å². The Morgan fingerprint density at radius 2 is 2.00 bits per heavy atom. The summed E-state index contributed by atoms with van der Waals surface area (Å²) in [4.78, 5) is 15.7. The fourth-order valence-corrected chi connectivity index (χ4v) is 0.889. The molecular formula is C7H16NO3+. The predicted octanol–water partition coefficient (Wildman–Crippen LogP) is 1.04. The highest BCUT2D eigenvalue weighted by atomic mass is 17.2. The molecule has 11 heavy (non-hydrogen) atoms. The van der Waals surface area contributed by atoms with Gasteiger partial charge in [-0.25, -0.2) is 0 Å². The Kier molecular flexibility index (Phi) is 3.26. The highest BCUT2D eigenvalue weighted by Crippen LogP contribution is 2.13. The third-order valence-electron chi connectivity index (χ3n) is 1.47. The quantitative estimate of drug-likeness (QED) is 0.580. The van der Waals surface area contributed by atoms with Crippen LogP contribution in [0.5, 0.6) is 0 Å². The molecule has 1 aliphatic rings. The molecule has 0 saturated carbocycles. The van der Waals surface area contributed by atoms with E-state index in [0.29, 0.717) is 19.8 Å². The molecule has 0 radical (unpaired) electrons. The lowest BCUT2D eigenvalue weighted by molar-refractivity contribution is -1.36. The summed E-state index contributed by atoms with van der Waals surface area (Å²) < 4.78 is 0. The van der Waals surface area contributed by atoms with Crippen LogP contribution in [-0.2, 0) is 14.5 Å². The molecule has 0 aromatic carbocycles. The highest BCUT2D eigenvalue weighted by Gasteiger charge is 2.31. The summed E-state index contributed by atoms with van der Waals surface area (Å²) in [6.45, 7) is 4.13. The lowest BCUT2D eigenvalue weighted by atomic mass is 10.5. The molecule has 4 nitrogen and oxygen atoms in total. The lowest BCUT2D eigenvalue weighted by Crippen LogP contribution is -2.47. The van der Waals surface area contributed by atoms with Crippen molar-refractivity contribution in [3.05, 3.63) is 0 Å². The minimum Gasteiger partial charge on any atom is -0.132 e. The van der Waals surface area contributed by atoms with Crippen molar-refractivity contribution < 1.29 is 19.5 Å². The normalized spacial score (nSPS) is 23.5. The Hall–Kier alpha value is -0.160. The number of quaternary nitrogens is 1. The van der Waals surface area contributed by atoms with E-state index in [4.69, 9.17) is 14.5 Å². The number of hydrogen-bond acceptors (Lipinski definition) is 3. The van der Waals surface area contributed by atoms with E-state index in [9.17, 15) is 0 Å². The van der Waals surface area contributed by atoms with Gasteiger partial charge in [-0.15, -0.1) is 14.5 Å². The van der Waals surface area contributed by atoms with Crippen molar-refractivity contribution >= 4 is 0 Å². The second-order valence-electron chi connectivity index (χ2n) is 2.62. The van der Waals surface area contributed by atoms with Gasteiger partial charge in [0.05, 0.1) is 4.97 Å². The highest BCUT2D eigenvalue weighted by molar-refractivity contribution is 4.28. The van der Waals surface area contributed by atoms with Gasteiger partial charge in [0.25, 0.3) is 0 Å². The zero-order valence-corrected chi connectivity index (χ0v) is 7.21. The maximum absolute atomic E-state index is 5.31. The summed E-state index contributed by atoms with van der Waals surface area (Å²) in [5.41, 5.74) is 0. The van der Waals surface area contributed by atoms with Gasteiger partial charge in [-0.05, 0) is 6.42 Å². The van der Waals surface area contributed by atoms with E-state index >= 15 is 0 Å². The summed E-state index contributed by atoms with van der Waals surface area (Å²) in [5, 5.41) is 0. The predicted molar refractivity (Wildman–Crippen MR) is 38.9 cm³/mol. The molecule has 1 rings (SSSR count). The molecule has 66 valence electrons. The molecule has 1 fully saturated rings. The van der Waals surface area contributed by atoms with Gasteiger partial charge in [0.2, 0.25) is 0 Å². The summed E-state index contributed by atoms with van der Waals surface area (Å²) >= 11 is 0. The van der Waals surface area contributed by atoms with Crippen molar-refractivity contribution in [2.75, 3.05) is 26.9 Å². The molecule has 0 spiro atoms. The second kappa shape index (κ2) is 4.01. The molecule has 1 aliphatic heterocycles. The average molecular weight is 162 g/mol. The van der Waals surface area contributed by atoms with Crippen molar-refractivity contribution in [2.45, 2.75) is 19.8 Å². The molecule has 0 unspecified atom stereocenters. The van der Waals surface area contributed by atoms with Gasteiger partial charge >= 0.3 is 0 Å². The zero-order chi connectivity index (χ0) is 8.16. The van der Waals surface area contributed by atoms with Gasteiger partial charge in [-0.3, -0.25) is 0 Å². The molecule has 0 aromatic rings. The van der Waals surface area contributed by atoms with Crippen LogP contribution in [-0.4, -0.2) is 31.8 Å². The summed E-state index contributed by atoms with van der Waals surface area (Å²) in [6.07, 6.45) is 1.92. The first kappa shape index (κ1) is 8.93. The molecule has 0 aromatic heterocycles. The molecule has 0 atom stereocenters. The molecular weight excluding hydrogens is 146 g/mol. The molecule has 0 bridgehead atoms. The topological polar surface area (TPSA) is 27.7 Å². The number of nitrogens with zero attached hydrogens (tertiary/aromatic N) is 1. The van der Waals surface area contributed by atoms with E-state index in [-0.39, 0.29) is 4.97 Å². The van der Waals surface area contributed by atoms with Gasteiger partial charge in [0, 0.05) is 6.42 Å². The van der Waals surface area contributed by atoms with Gasteiger partial charge < -0.3 is 0 Å². The Labute approximate surface area is 67.1 Å². The molecule has 0 amide bonds. The molecule has 0 N–H and O–H groups in total. The van der Waals surface area contributed by atoms with Crippen LogP contribution >= 0.6 is 0 Å². The first-order valence-corrected chi connectivity index (χ1v) is 4.07. The largest absolute Gasteiger partial charge is 0.168 e. The number of hydroxylamine groups is 3. The number of rotatable bonds is 3. The van der Waals surface area contributed by atoms with Gasteiger partial charge in [0.1, 0.15) is 19.8 Å². The standard InChI is InChI=1S/C7H16NO3/c1-3-5-9-8(2)10-6-4-7-11-8/h3-7H2,1-2H3/q+1.